The summed E-state index contributed by atoms with van der Waals surface area (Å²) >= 11 is 7.60. The molecular formula is C16H19ClN2S. The molecule has 0 spiro atoms. The maximum Gasteiger partial charge on any atom is 0.0907 e. The molecule has 0 bridgehead atoms. The van der Waals surface area contributed by atoms with Gasteiger partial charge in [-0.15, -0.1) is 22.9 Å². The number of hydrogen-bond acceptors (Lipinski definition) is 3. The number of nitrogens with zero attached hydrogens (tertiary/aromatic N) is 2. The van der Waals surface area contributed by atoms with Crippen LogP contribution in [0, 0.1) is 12.8 Å². The molecule has 2 aromatic rings. The van der Waals surface area contributed by atoms with Gasteiger partial charge in [0.25, 0.3) is 0 Å². The summed E-state index contributed by atoms with van der Waals surface area (Å²) in [5.74, 6) is 1.63. The van der Waals surface area contributed by atoms with Crippen molar-refractivity contribution in [3.05, 3.63) is 28.8 Å². The fraction of sp³-hybridized carbons (Fsp3) is 0.562. The SMILES string of the molecule is Cc1nc2cc([C@@]34C[C@@H]3CN(CCCCl)C4)ccc2s1. The Labute approximate surface area is 128 Å². The highest BCUT2D eigenvalue weighted by Gasteiger charge is 2.60. The number of benzene rings is 1. The minimum absolute atomic E-state index is 0.429. The number of aryl methyl sites for hydroxylation is 1. The Bertz CT molecular complexity index is 653. The first-order chi connectivity index (χ1) is 9.71. The van der Waals surface area contributed by atoms with E-state index in [2.05, 4.69) is 35.0 Å². The number of hydrogen-bond donors (Lipinski definition) is 0. The molecule has 2 heterocycles. The maximum absolute atomic E-state index is 5.81. The van der Waals surface area contributed by atoms with Crippen molar-refractivity contribution in [1.82, 2.24) is 9.88 Å². The standard InChI is InChI=1S/C16H19ClN2S/c1-11-18-14-7-12(3-4-15(14)20-11)16-8-13(16)9-19(10-16)6-2-5-17/h3-4,7,13H,2,5-6,8-10H2,1H3/t13-,16+/m1/s1. The smallest absolute Gasteiger partial charge is 0.0907 e. The van der Waals surface area contributed by atoms with Gasteiger partial charge in [0.15, 0.2) is 0 Å². The summed E-state index contributed by atoms with van der Waals surface area (Å²) in [6.45, 7) is 5.71. The summed E-state index contributed by atoms with van der Waals surface area (Å²) in [5.41, 5.74) is 3.12. The molecule has 2 nitrogen and oxygen atoms in total. The van der Waals surface area contributed by atoms with Gasteiger partial charge in [-0.1, -0.05) is 6.07 Å². The summed E-state index contributed by atoms with van der Waals surface area (Å²) in [4.78, 5) is 7.24. The third-order valence-electron chi connectivity index (χ3n) is 4.89. The van der Waals surface area contributed by atoms with E-state index in [9.17, 15) is 0 Å². The van der Waals surface area contributed by atoms with Crippen molar-refractivity contribution in [3.63, 3.8) is 0 Å². The van der Waals surface area contributed by atoms with Crippen molar-refractivity contribution < 1.29 is 0 Å². The highest BCUT2D eigenvalue weighted by molar-refractivity contribution is 7.18. The van der Waals surface area contributed by atoms with Crippen molar-refractivity contribution >= 4 is 33.2 Å². The molecule has 4 rings (SSSR count). The molecule has 4 heteroatoms. The van der Waals surface area contributed by atoms with Crippen LogP contribution in [0.5, 0.6) is 0 Å². The second-order valence-electron chi connectivity index (χ2n) is 6.25. The number of likely N-dealkylation sites (tertiary alicyclic amines) is 1. The lowest BCUT2D eigenvalue weighted by atomic mass is 9.95. The molecule has 1 saturated carbocycles. The first kappa shape index (κ1) is 13.1. The Hall–Kier alpha value is -0.640. The molecule has 0 unspecified atom stereocenters. The Kier molecular flexibility index (Phi) is 3.06. The summed E-state index contributed by atoms with van der Waals surface area (Å²) in [5, 5.41) is 1.16. The molecule has 0 radical (unpaired) electrons. The van der Waals surface area contributed by atoms with Crippen LogP contribution in [0.25, 0.3) is 10.2 Å². The summed E-state index contributed by atoms with van der Waals surface area (Å²) in [6.07, 6.45) is 2.47. The van der Waals surface area contributed by atoms with Crippen molar-refractivity contribution in [2.75, 3.05) is 25.5 Å². The van der Waals surface area contributed by atoms with Crippen LogP contribution in [-0.2, 0) is 5.41 Å². The van der Waals surface area contributed by atoms with Crippen LogP contribution in [-0.4, -0.2) is 35.4 Å². The quantitative estimate of drug-likeness (QED) is 0.799. The van der Waals surface area contributed by atoms with Gasteiger partial charge in [-0.2, -0.15) is 0 Å². The van der Waals surface area contributed by atoms with Crippen molar-refractivity contribution in [3.8, 4) is 0 Å². The average Bonchev–Trinajstić information content (AvgIpc) is 2.82. The van der Waals surface area contributed by atoms with Gasteiger partial charge >= 0.3 is 0 Å². The van der Waals surface area contributed by atoms with Crippen molar-refractivity contribution in [2.45, 2.75) is 25.2 Å². The van der Waals surface area contributed by atoms with Crippen LogP contribution in [0.3, 0.4) is 0 Å². The van der Waals surface area contributed by atoms with Crippen LogP contribution in [0.2, 0.25) is 0 Å². The zero-order chi connectivity index (χ0) is 13.7. The van der Waals surface area contributed by atoms with Gasteiger partial charge in [-0.25, -0.2) is 4.98 Å². The first-order valence-corrected chi connectivity index (χ1v) is 8.72. The molecule has 0 amide bonds. The van der Waals surface area contributed by atoms with E-state index in [1.807, 2.05) is 0 Å². The lowest BCUT2D eigenvalue weighted by molar-refractivity contribution is 0.299. The normalized spacial score (nSPS) is 29.0. The van der Waals surface area contributed by atoms with E-state index < -0.39 is 0 Å². The number of thiazole rings is 1. The zero-order valence-corrected chi connectivity index (χ0v) is 13.3. The van der Waals surface area contributed by atoms with Gasteiger partial charge in [0.1, 0.15) is 0 Å². The predicted molar refractivity (Wildman–Crippen MR) is 85.9 cm³/mol. The van der Waals surface area contributed by atoms with Crippen LogP contribution in [0.1, 0.15) is 23.4 Å². The van der Waals surface area contributed by atoms with E-state index in [0.717, 1.165) is 29.8 Å². The third kappa shape index (κ3) is 1.99. The second-order valence-corrected chi connectivity index (χ2v) is 7.86. The minimum Gasteiger partial charge on any atom is -0.302 e. The van der Waals surface area contributed by atoms with E-state index in [1.165, 1.54) is 35.3 Å². The number of rotatable bonds is 4. The van der Waals surface area contributed by atoms with Gasteiger partial charge < -0.3 is 4.90 Å². The lowest BCUT2D eigenvalue weighted by Gasteiger charge is -2.20. The molecule has 2 fully saturated rings. The second kappa shape index (κ2) is 4.69. The monoisotopic (exact) mass is 306 g/mol. The Morgan fingerprint density at radius 1 is 1.50 bits per heavy atom. The number of piperidine rings is 1. The van der Waals surface area contributed by atoms with Crippen LogP contribution >= 0.6 is 22.9 Å². The number of aromatic nitrogens is 1. The van der Waals surface area contributed by atoms with Crippen molar-refractivity contribution in [1.29, 1.82) is 0 Å². The first-order valence-electron chi connectivity index (χ1n) is 7.37. The average molecular weight is 307 g/mol. The van der Waals surface area contributed by atoms with Crippen LogP contribution in [0.15, 0.2) is 18.2 Å². The third-order valence-corrected chi connectivity index (χ3v) is 6.11. The predicted octanol–water partition coefficient (Wildman–Crippen LogP) is 3.81. The number of halogens is 1. The van der Waals surface area contributed by atoms with Crippen LogP contribution < -0.4 is 0 Å². The summed E-state index contributed by atoms with van der Waals surface area (Å²) < 4.78 is 1.32. The molecule has 1 saturated heterocycles. The number of alkyl halides is 1. The molecule has 2 atom stereocenters. The maximum atomic E-state index is 5.81. The minimum atomic E-state index is 0.429. The molecule has 106 valence electrons. The van der Waals surface area contributed by atoms with Gasteiger partial charge in [0.05, 0.1) is 15.2 Å². The Balaban J connectivity index is 1.60. The van der Waals surface area contributed by atoms with E-state index in [4.69, 9.17) is 11.6 Å². The van der Waals surface area contributed by atoms with Gasteiger partial charge in [0.2, 0.25) is 0 Å². The van der Waals surface area contributed by atoms with Crippen molar-refractivity contribution in [2.24, 2.45) is 5.92 Å². The topological polar surface area (TPSA) is 16.1 Å². The summed E-state index contributed by atoms with van der Waals surface area (Å²) in [7, 11) is 0. The van der Waals surface area contributed by atoms with E-state index in [-0.39, 0.29) is 0 Å². The summed E-state index contributed by atoms with van der Waals surface area (Å²) in [6, 6.07) is 6.94. The Morgan fingerprint density at radius 3 is 3.25 bits per heavy atom. The molecular weight excluding hydrogens is 288 g/mol. The van der Waals surface area contributed by atoms with Gasteiger partial charge in [0, 0.05) is 24.4 Å². The molecule has 0 N–H and O–H groups in total. The fourth-order valence-electron chi connectivity index (χ4n) is 3.84. The van der Waals surface area contributed by atoms with E-state index >= 15 is 0 Å². The van der Waals surface area contributed by atoms with E-state index in [0.29, 0.717) is 5.41 Å². The molecule has 1 aromatic carbocycles. The molecule has 1 aliphatic carbocycles. The Morgan fingerprint density at radius 2 is 2.40 bits per heavy atom. The lowest BCUT2D eigenvalue weighted by Crippen LogP contribution is -2.27. The van der Waals surface area contributed by atoms with Gasteiger partial charge in [-0.3, -0.25) is 0 Å². The molecule has 1 aliphatic heterocycles. The fourth-order valence-corrected chi connectivity index (χ4v) is 4.77. The molecule has 1 aromatic heterocycles. The molecule has 2 aliphatic rings. The molecule has 20 heavy (non-hydrogen) atoms. The highest BCUT2D eigenvalue weighted by atomic mass is 35.5. The number of fused-ring (bicyclic) bond motifs is 2. The zero-order valence-electron chi connectivity index (χ0n) is 11.7. The largest absolute Gasteiger partial charge is 0.302 e. The highest BCUT2D eigenvalue weighted by Crippen LogP contribution is 2.59. The van der Waals surface area contributed by atoms with E-state index in [1.54, 1.807) is 11.3 Å². The van der Waals surface area contributed by atoms with Crippen LogP contribution in [0.4, 0.5) is 0 Å². The van der Waals surface area contributed by atoms with Gasteiger partial charge in [-0.05, 0) is 49.9 Å².